The number of aryl methyl sites for hydroxylation is 1. The Kier molecular flexibility index (Phi) is 2.25. The van der Waals surface area contributed by atoms with Crippen molar-refractivity contribution in [3.05, 3.63) is 35.4 Å². The average Bonchev–Trinajstić information content (AvgIpc) is 2.24. The van der Waals surface area contributed by atoms with E-state index in [1.54, 1.807) is 0 Å². The van der Waals surface area contributed by atoms with Crippen LogP contribution >= 0.6 is 0 Å². The lowest BCUT2D eigenvalue weighted by atomic mass is 9.75. The fourth-order valence-corrected chi connectivity index (χ4v) is 2.08. The van der Waals surface area contributed by atoms with Gasteiger partial charge in [-0.2, -0.15) is 0 Å². The third-order valence-electron chi connectivity index (χ3n) is 3.15. The Morgan fingerprint density at radius 1 is 1.47 bits per heavy atom. The molecule has 80 valence electrons. The van der Waals surface area contributed by atoms with Crippen LogP contribution in [0.15, 0.2) is 24.3 Å². The highest BCUT2D eigenvalue weighted by molar-refractivity contribution is 5.80. The summed E-state index contributed by atoms with van der Waals surface area (Å²) in [6.07, 6.45) is 1.06. The predicted molar refractivity (Wildman–Crippen MR) is 56.2 cm³/mol. The van der Waals surface area contributed by atoms with E-state index >= 15 is 0 Å². The van der Waals surface area contributed by atoms with E-state index in [0.717, 1.165) is 11.1 Å². The lowest BCUT2D eigenvalue weighted by Crippen LogP contribution is -2.58. The molecule has 0 fully saturated rings. The molecule has 0 saturated heterocycles. The molecule has 1 aliphatic carbocycles. The molecule has 2 unspecified atom stereocenters. The molecule has 5 N–H and O–H groups in total. The second-order valence-corrected chi connectivity index (χ2v) is 4.02. The van der Waals surface area contributed by atoms with Crippen LogP contribution < -0.4 is 11.5 Å². The SMILES string of the molecule is NC1c2ccccc2CCC1(N)C(=O)O. The summed E-state index contributed by atoms with van der Waals surface area (Å²) in [7, 11) is 0. The minimum absolute atomic E-state index is 0.389. The topological polar surface area (TPSA) is 89.3 Å². The molecule has 2 atom stereocenters. The fourth-order valence-electron chi connectivity index (χ4n) is 2.08. The Labute approximate surface area is 87.9 Å². The highest BCUT2D eigenvalue weighted by Gasteiger charge is 2.44. The summed E-state index contributed by atoms with van der Waals surface area (Å²) in [5.74, 6) is -1.02. The standard InChI is InChI=1S/C11H14N2O2/c12-9-8-4-2-1-3-7(8)5-6-11(9,13)10(14)15/h1-4,9H,5-6,12-13H2,(H,14,15). The predicted octanol–water partition coefficient (Wildman–Crippen LogP) is 0.415. The Morgan fingerprint density at radius 2 is 2.13 bits per heavy atom. The van der Waals surface area contributed by atoms with Gasteiger partial charge < -0.3 is 16.6 Å². The average molecular weight is 206 g/mol. The van der Waals surface area contributed by atoms with Crippen LogP contribution in [0.4, 0.5) is 0 Å². The van der Waals surface area contributed by atoms with Crippen molar-refractivity contribution in [1.82, 2.24) is 0 Å². The van der Waals surface area contributed by atoms with Crippen molar-refractivity contribution in [2.75, 3.05) is 0 Å². The molecular formula is C11H14N2O2. The molecule has 0 spiro atoms. The van der Waals surface area contributed by atoms with Gasteiger partial charge >= 0.3 is 5.97 Å². The Hall–Kier alpha value is -1.39. The van der Waals surface area contributed by atoms with Gasteiger partial charge in [0.15, 0.2) is 0 Å². The number of carboxylic acid groups (broad SMARTS) is 1. The third-order valence-corrected chi connectivity index (χ3v) is 3.15. The van der Waals surface area contributed by atoms with E-state index < -0.39 is 17.6 Å². The zero-order valence-electron chi connectivity index (χ0n) is 8.31. The molecule has 4 heteroatoms. The highest BCUT2D eigenvalue weighted by Crippen LogP contribution is 2.34. The smallest absolute Gasteiger partial charge is 0.325 e. The van der Waals surface area contributed by atoms with Crippen molar-refractivity contribution < 1.29 is 9.90 Å². The lowest BCUT2D eigenvalue weighted by molar-refractivity contribution is -0.144. The van der Waals surface area contributed by atoms with Crippen molar-refractivity contribution in [2.24, 2.45) is 11.5 Å². The summed E-state index contributed by atoms with van der Waals surface area (Å²) < 4.78 is 0. The van der Waals surface area contributed by atoms with Crippen LogP contribution in [0.3, 0.4) is 0 Å². The minimum atomic E-state index is -1.33. The molecule has 1 aromatic carbocycles. The molecule has 4 nitrogen and oxygen atoms in total. The largest absolute Gasteiger partial charge is 0.480 e. The van der Waals surface area contributed by atoms with E-state index in [2.05, 4.69) is 0 Å². The van der Waals surface area contributed by atoms with Gasteiger partial charge in [-0.25, -0.2) is 0 Å². The maximum atomic E-state index is 11.1. The summed E-state index contributed by atoms with van der Waals surface area (Å²) >= 11 is 0. The summed E-state index contributed by atoms with van der Waals surface area (Å²) in [5.41, 5.74) is 12.4. The zero-order chi connectivity index (χ0) is 11.1. The molecule has 0 saturated carbocycles. The number of fused-ring (bicyclic) bond motifs is 1. The summed E-state index contributed by atoms with van der Waals surface area (Å²) in [4.78, 5) is 11.1. The maximum absolute atomic E-state index is 11.1. The molecule has 15 heavy (non-hydrogen) atoms. The van der Waals surface area contributed by atoms with Crippen molar-refractivity contribution in [3.63, 3.8) is 0 Å². The van der Waals surface area contributed by atoms with E-state index in [-0.39, 0.29) is 0 Å². The number of benzene rings is 1. The van der Waals surface area contributed by atoms with Gasteiger partial charge in [0.25, 0.3) is 0 Å². The van der Waals surface area contributed by atoms with Gasteiger partial charge in [-0.3, -0.25) is 4.79 Å². The quantitative estimate of drug-likeness (QED) is 0.621. The van der Waals surface area contributed by atoms with E-state index in [1.165, 1.54) is 0 Å². The normalized spacial score (nSPS) is 29.6. The highest BCUT2D eigenvalue weighted by atomic mass is 16.4. The summed E-state index contributed by atoms with van der Waals surface area (Å²) in [5, 5.41) is 9.09. The Morgan fingerprint density at radius 3 is 2.80 bits per heavy atom. The van der Waals surface area contributed by atoms with Gasteiger partial charge in [0, 0.05) is 0 Å². The molecule has 0 heterocycles. The van der Waals surface area contributed by atoms with E-state index in [9.17, 15) is 4.79 Å². The number of carbonyl (C=O) groups is 1. The fraction of sp³-hybridized carbons (Fsp3) is 0.364. The molecule has 0 radical (unpaired) electrons. The van der Waals surface area contributed by atoms with Crippen molar-refractivity contribution in [2.45, 2.75) is 24.4 Å². The molecule has 0 aliphatic heterocycles. The van der Waals surface area contributed by atoms with Crippen LogP contribution in [-0.4, -0.2) is 16.6 Å². The minimum Gasteiger partial charge on any atom is -0.480 e. The van der Waals surface area contributed by atoms with Crippen LogP contribution in [0, 0.1) is 0 Å². The van der Waals surface area contributed by atoms with Gasteiger partial charge in [-0.1, -0.05) is 24.3 Å². The molecule has 0 amide bonds. The number of carboxylic acids is 1. The first-order valence-corrected chi connectivity index (χ1v) is 4.91. The van der Waals surface area contributed by atoms with Crippen molar-refractivity contribution in [1.29, 1.82) is 0 Å². The Bertz CT molecular complexity index is 405. The third kappa shape index (κ3) is 1.42. The number of rotatable bonds is 1. The molecule has 0 bridgehead atoms. The Balaban J connectivity index is 2.46. The van der Waals surface area contributed by atoms with Gasteiger partial charge in [-0.15, -0.1) is 0 Å². The molecule has 1 aliphatic rings. The van der Waals surface area contributed by atoms with E-state index in [4.69, 9.17) is 16.6 Å². The van der Waals surface area contributed by atoms with Gasteiger partial charge in [0.1, 0.15) is 5.54 Å². The van der Waals surface area contributed by atoms with Crippen LogP contribution in [0.5, 0.6) is 0 Å². The van der Waals surface area contributed by atoms with Crippen molar-refractivity contribution in [3.8, 4) is 0 Å². The van der Waals surface area contributed by atoms with E-state index in [0.29, 0.717) is 12.8 Å². The molecule has 2 rings (SSSR count). The lowest BCUT2D eigenvalue weighted by Gasteiger charge is -2.36. The van der Waals surface area contributed by atoms with Crippen molar-refractivity contribution >= 4 is 5.97 Å². The summed E-state index contributed by atoms with van der Waals surface area (Å²) in [6, 6.07) is 6.97. The van der Waals surface area contributed by atoms with Gasteiger partial charge in [0.05, 0.1) is 6.04 Å². The first-order chi connectivity index (χ1) is 7.05. The van der Waals surface area contributed by atoms with E-state index in [1.807, 2.05) is 24.3 Å². The molecule has 0 aromatic heterocycles. The second-order valence-electron chi connectivity index (χ2n) is 4.02. The van der Waals surface area contributed by atoms with Gasteiger partial charge in [0.2, 0.25) is 0 Å². The number of nitrogens with two attached hydrogens (primary N) is 2. The van der Waals surface area contributed by atoms with Crippen LogP contribution in [-0.2, 0) is 11.2 Å². The van der Waals surface area contributed by atoms with Crippen LogP contribution in [0.1, 0.15) is 23.6 Å². The first kappa shape index (κ1) is 10.1. The number of hydrogen-bond donors (Lipinski definition) is 3. The molecular weight excluding hydrogens is 192 g/mol. The first-order valence-electron chi connectivity index (χ1n) is 4.91. The summed E-state index contributed by atoms with van der Waals surface area (Å²) in [6.45, 7) is 0. The second kappa shape index (κ2) is 3.32. The van der Waals surface area contributed by atoms with Gasteiger partial charge in [-0.05, 0) is 24.0 Å². The van der Waals surface area contributed by atoms with Crippen LogP contribution in [0.25, 0.3) is 0 Å². The number of aliphatic carboxylic acids is 1. The molecule has 1 aromatic rings. The maximum Gasteiger partial charge on any atom is 0.325 e. The van der Waals surface area contributed by atoms with Crippen LogP contribution in [0.2, 0.25) is 0 Å². The zero-order valence-corrected chi connectivity index (χ0v) is 8.31. The monoisotopic (exact) mass is 206 g/mol. The number of hydrogen-bond acceptors (Lipinski definition) is 3.